The van der Waals surface area contributed by atoms with Gasteiger partial charge in [0.1, 0.15) is 0 Å². The van der Waals surface area contributed by atoms with Gasteiger partial charge in [0.2, 0.25) is 0 Å². The molecule has 84 valence electrons. The number of nitrogens with one attached hydrogen (secondary N) is 1. The average molecular weight is 206 g/mol. The molecular weight excluding hydrogens is 184 g/mol. The lowest BCUT2D eigenvalue weighted by atomic mass is 9.97. The average Bonchev–Trinajstić information content (AvgIpc) is 2.09. The van der Waals surface area contributed by atoms with Crippen LogP contribution >= 0.6 is 0 Å². The van der Waals surface area contributed by atoms with Crippen LogP contribution in [0.2, 0.25) is 0 Å². The normalized spacial score (nSPS) is 11.7. The molecule has 0 aromatic heterocycles. The second kappa shape index (κ2) is 4.67. The molecule has 2 heteroatoms. The third kappa shape index (κ3) is 4.34. The molecule has 3 N–H and O–H groups in total. The van der Waals surface area contributed by atoms with Crippen molar-refractivity contribution in [1.29, 1.82) is 0 Å². The Bertz CT molecular complexity index is 324. The number of rotatable bonds is 3. The number of hydrogen-bond donors (Lipinski definition) is 2. The van der Waals surface area contributed by atoms with Crippen LogP contribution in [0.15, 0.2) is 18.2 Å². The minimum Gasteiger partial charge on any atom is -0.399 e. The van der Waals surface area contributed by atoms with Gasteiger partial charge in [0, 0.05) is 18.8 Å². The van der Waals surface area contributed by atoms with Gasteiger partial charge in [0.05, 0.1) is 0 Å². The summed E-state index contributed by atoms with van der Waals surface area (Å²) in [5.41, 5.74) is 9.46. The molecular formula is C13H22N2. The first-order valence-electron chi connectivity index (χ1n) is 5.44. The minimum absolute atomic E-state index is 0.330. The second-order valence-corrected chi connectivity index (χ2v) is 5.36. The number of nitrogens with two attached hydrogens (primary N) is 1. The summed E-state index contributed by atoms with van der Waals surface area (Å²) in [4.78, 5) is 0. The van der Waals surface area contributed by atoms with Crippen molar-refractivity contribution in [3.05, 3.63) is 29.3 Å². The van der Waals surface area contributed by atoms with Crippen LogP contribution in [0.5, 0.6) is 0 Å². The van der Waals surface area contributed by atoms with Gasteiger partial charge in [-0.3, -0.25) is 0 Å². The first kappa shape index (κ1) is 12.1. The maximum atomic E-state index is 5.85. The molecule has 0 spiro atoms. The standard InChI is InChI=1S/C13H22N2/c1-10-5-6-11(7-12(10)14)8-15-9-13(2,3)4/h5-7,15H,8-9,14H2,1-4H3. The summed E-state index contributed by atoms with van der Waals surface area (Å²) in [6.07, 6.45) is 0. The van der Waals surface area contributed by atoms with Crippen molar-refractivity contribution in [3.8, 4) is 0 Å². The summed E-state index contributed by atoms with van der Waals surface area (Å²) in [6, 6.07) is 6.25. The van der Waals surface area contributed by atoms with Crippen LogP contribution in [0.25, 0.3) is 0 Å². The van der Waals surface area contributed by atoms with E-state index < -0.39 is 0 Å². The highest BCUT2D eigenvalue weighted by Gasteiger charge is 2.08. The largest absolute Gasteiger partial charge is 0.399 e. The van der Waals surface area contributed by atoms with E-state index in [1.165, 1.54) is 5.56 Å². The number of nitrogen functional groups attached to an aromatic ring is 1. The molecule has 0 bridgehead atoms. The van der Waals surface area contributed by atoms with Crippen molar-refractivity contribution in [2.45, 2.75) is 34.2 Å². The monoisotopic (exact) mass is 206 g/mol. The van der Waals surface area contributed by atoms with Gasteiger partial charge < -0.3 is 11.1 Å². The van der Waals surface area contributed by atoms with Gasteiger partial charge in [0.15, 0.2) is 0 Å². The van der Waals surface area contributed by atoms with Crippen molar-refractivity contribution in [2.24, 2.45) is 5.41 Å². The molecule has 0 saturated heterocycles. The Morgan fingerprint density at radius 1 is 1.27 bits per heavy atom. The zero-order valence-electron chi connectivity index (χ0n) is 10.2. The van der Waals surface area contributed by atoms with E-state index in [1.54, 1.807) is 0 Å². The lowest BCUT2D eigenvalue weighted by Crippen LogP contribution is -2.26. The smallest absolute Gasteiger partial charge is 0.0346 e. The van der Waals surface area contributed by atoms with Gasteiger partial charge >= 0.3 is 0 Å². The first-order valence-corrected chi connectivity index (χ1v) is 5.44. The lowest BCUT2D eigenvalue weighted by Gasteiger charge is -2.18. The molecule has 1 aromatic rings. The van der Waals surface area contributed by atoms with Gasteiger partial charge in [-0.15, -0.1) is 0 Å². The Kier molecular flexibility index (Phi) is 3.75. The quantitative estimate of drug-likeness (QED) is 0.746. The van der Waals surface area contributed by atoms with Crippen LogP contribution in [0.3, 0.4) is 0 Å². The zero-order chi connectivity index (χ0) is 11.5. The molecule has 0 amide bonds. The maximum absolute atomic E-state index is 5.85. The van der Waals surface area contributed by atoms with Crippen molar-refractivity contribution >= 4 is 5.69 Å². The third-order valence-electron chi connectivity index (χ3n) is 2.33. The Morgan fingerprint density at radius 2 is 1.93 bits per heavy atom. The number of hydrogen-bond acceptors (Lipinski definition) is 2. The van der Waals surface area contributed by atoms with Gasteiger partial charge in [-0.2, -0.15) is 0 Å². The van der Waals surface area contributed by atoms with E-state index in [0.29, 0.717) is 5.41 Å². The molecule has 0 unspecified atom stereocenters. The molecule has 0 heterocycles. The predicted molar refractivity (Wildman–Crippen MR) is 66.8 cm³/mol. The van der Waals surface area contributed by atoms with Crippen LogP contribution in [0.4, 0.5) is 5.69 Å². The van der Waals surface area contributed by atoms with Crippen LogP contribution < -0.4 is 11.1 Å². The molecule has 15 heavy (non-hydrogen) atoms. The number of benzene rings is 1. The van der Waals surface area contributed by atoms with Crippen LogP contribution in [0.1, 0.15) is 31.9 Å². The highest BCUT2D eigenvalue weighted by molar-refractivity contribution is 5.48. The van der Waals surface area contributed by atoms with E-state index in [9.17, 15) is 0 Å². The molecule has 0 aliphatic heterocycles. The highest BCUT2D eigenvalue weighted by Crippen LogP contribution is 2.14. The van der Waals surface area contributed by atoms with E-state index in [-0.39, 0.29) is 0 Å². The van der Waals surface area contributed by atoms with Crippen LogP contribution in [0, 0.1) is 12.3 Å². The summed E-state index contributed by atoms with van der Waals surface area (Å²) in [5.74, 6) is 0. The minimum atomic E-state index is 0.330. The van der Waals surface area contributed by atoms with E-state index in [1.807, 2.05) is 13.0 Å². The maximum Gasteiger partial charge on any atom is 0.0346 e. The highest BCUT2D eigenvalue weighted by atomic mass is 14.9. The van der Waals surface area contributed by atoms with E-state index >= 15 is 0 Å². The van der Waals surface area contributed by atoms with Gasteiger partial charge in [-0.25, -0.2) is 0 Å². The number of aryl methyl sites for hydroxylation is 1. The van der Waals surface area contributed by atoms with Crippen molar-refractivity contribution < 1.29 is 0 Å². The topological polar surface area (TPSA) is 38.0 Å². The summed E-state index contributed by atoms with van der Waals surface area (Å²) in [5, 5.41) is 3.43. The zero-order valence-corrected chi connectivity index (χ0v) is 10.2. The Balaban J connectivity index is 2.48. The van der Waals surface area contributed by atoms with E-state index in [4.69, 9.17) is 5.73 Å². The lowest BCUT2D eigenvalue weighted by molar-refractivity contribution is 0.379. The van der Waals surface area contributed by atoms with Crippen LogP contribution in [-0.4, -0.2) is 6.54 Å². The molecule has 1 aromatic carbocycles. The van der Waals surface area contributed by atoms with E-state index in [0.717, 1.165) is 24.3 Å². The summed E-state index contributed by atoms with van der Waals surface area (Å²) in [7, 11) is 0. The predicted octanol–water partition coefficient (Wildman–Crippen LogP) is 2.71. The molecule has 0 fully saturated rings. The first-order chi connectivity index (χ1) is 6.88. The molecule has 0 aliphatic rings. The fourth-order valence-corrected chi connectivity index (χ4v) is 1.38. The second-order valence-electron chi connectivity index (χ2n) is 5.36. The fourth-order valence-electron chi connectivity index (χ4n) is 1.38. The number of anilines is 1. The summed E-state index contributed by atoms with van der Waals surface area (Å²) >= 11 is 0. The summed E-state index contributed by atoms with van der Waals surface area (Å²) in [6.45, 7) is 10.6. The van der Waals surface area contributed by atoms with Gasteiger partial charge in [0.25, 0.3) is 0 Å². The molecule has 0 radical (unpaired) electrons. The molecule has 0 aliphatic carbocycles. The van der Waals surface area contributed by atoms with Crippen molar-refractivity contribution in [1.82, 2.24) is 5.32 Å². The molecule has 0 atom stereocenters. The molecule has 2 nitrogen and oxygen atoms in total. The Labute approximate surface area is 92.9 Å². The Morgan fingerprint density at radius 3 is 2.47 bits per heavy atom. The fraction of sp³-hybridized carbons (Fsp3) is 0.538. The van der Waals surface area contributed by atoms with E-state index in [2.05, 4.69) is 38.2 Å². The Hall–Kier alpha value is -1.02. The van der Waals surface area contributed by atoms with Crippen LogP contribution in [-0.2, 0) is 6.54 Å². The van der Waals surface area contributed by atoms with Gasteiger partial charge in [-0.1, -0.05) is 32.9 Å². The molecule has 1 rings (SSSR count). The third-order valence-corrected chi connectivity index (χ3v) is 2.33. The van der Waals surface area contributed by atoms with Crippen molar-refractivity contribution in [2.75, 3.05) is 12.3 Å². The van der Waals surface area contributed by atoms with Gasteiger partial charge in [-0.05, 0) is 29.5 Å². The van der Waals surface area contributed by atoms with Crippen molar-refractivity contribution in [3.63, 3.8) is 0 Å². The SMILES string of the molecule is Cc1ccc(CNCC(C)(C)C)cc1N. The summed E-state index contributed by atoms with van der Waals surface area (Å²) < 4.78 is 0. The molecule has 0 saturated carbocycles.